The summed E-state index contributed by atoms with van der Waals surface area (Å²) in [5.74, 6) is 0. The van der Waals surface area contributed by atoms with Gasteiger partial charge in [0.15, 0.2) is 0 Å². The van der Waals surface area contributed by atoms with Crippen molar-refractivity contribution in [3.05, 3.63) is 196 Å². The third-order valence-electron chi connectivity index (χ3n) is 11.7. The molecular formula is C53H57N. The van der Waals surface area contributed by atoms with Crippen LogP contribution in [0.15, 0.2) is 152 Å². The Labute approximate surface area is 325 Å². The normalized spacial score (nSPS) is 15.6. The summed E-state index contributed by atoms with van der Waals surface area (Å²) in [5.41, 5.74) is 28.8. The maximum atomic E-state index is 6.75. The minimum absolute atomic E-state index is 0.0120. The molecule has 0 unspecified atom stereocenters. The summed E-state index contributed by atoms with van der Waals surface area (Å²) in [6, 6.07) is 38.9. The number of benzene rings is 5. The molecule has 0 radical (unpaired) electrons. The predicted octanol–water partition coefficient (Wildman–Crippen LogP) is 14.2. The average Bonchev–Trinajstić information content (AvgIpc) is 3.58. The molecule has 0 aromatic heterocycles. The van der Waals surface area contributed by atoms with Gasteiger partial charge in [-0.3, -0.25) is 0 Å². The van der Waals surface area contributed by atoms with E-state index < -0.39 is 0 Å². The Hall–Kier alpha value is -5.40. The lowest BCUT2D eigenvalue weighted by molar-refractivity contribution is 0.606. The van der Waals surface area contributed by atoms with E-state index in [0.29, 0.717) is 0 Å². The number of aryl methyl sites for hydroxylation is 1. The van der Waals surface area contributed by atoms with Gasteiger partial charge in [-0.25, -0.2) is 0 Å². The maximum absolute atomic E-state index is 6.75. The van der Waals surface area contributed by atoms with E-state index in [4.69, 9.17) is 5.73 Å². The quantitative estimate of drug-likeness (QED) is 0.175. The Morgan fingerprint density at radius 3 is 1.93 bits per heavy atom. The zero-order valence-electron chi connectivity index (χ0n) is 33.7. The number of nitrogens with two attached hydrogens (primary N) is 1. The van der Waals surface area contributed by atoms with Crippen molar-refractivity contribution in [2.24, 2.45) is 5.73 Å². The predicted molar refractivity (Wildman–Crippen MR) is 236 cm³/mol. The lowest BCUT2D eigenvalue weighted by atomic mass is 9.74. The van der Waals surface area contributed by atoms with Crippen molar-refractivity contribution in [1.82, 2.24) is 0 Å². The summed E-state index contributed by atoms with van der Waals surface area (Å²) >= 11 is 0. The first-order chi connectivity index (χ1) is 26.0. The van der Waals surface area contributed by atoms with Gasteiger partial charge in [-0.15, -0.1) is 0 Å². The standard InChI is InChI=1S/C42H41N.C9H10.C2H6/c1-7-27(40(43)28-15-9-8-10-16-28)25-29-17-11-12-18-30(29)36-26(2)21-23-34-37(36)38-35(41(34,3)4)24-22-32-31-19-13-14-20-33(31)42(5,6)39(32)38;1-8(2)9-6-4-3-5-7-9;1-2/h7-13,15-19,21-24H,1,14,20,25,43H2,2-6H3;3-7H,1H2,2H3;1-2H3/b40-27+;;. The van der Waals surface area contributed by atoms with Crippen LogP contribution in [0.5, 0.6) is 0 Å². The number of fused-ring (bicyclic) bond motifs is 6. The largest absolute Gasteiger partial charge is 0.398 e. The van der Waals surface area contributed by atoms with Gasteiger partial charge in [-0.05, 0) is 105 Å². The molecule has 54 heavy (non-hydrogen) atoms. The van der Waals surface area contributed by atoms with E-state index in [-0.39, 0.29) is 10.8 Å². The Kier molecular flexibility index (Phi) is 11.0. The molecule has 3 aliphatic rings. The Morgan fingerprint density at radius 1 is 0.704 bits per heavy atom. The van der Waals surface area contributed by atoms with Crippen molar-refractivity contribution in [3.63, 3.8) is 0 Å². The van der Waals surface area contributed by atoms with E-state index in [1.165, 1.54) is 66.8 Å². The monoisotopic (exact) mass is 707 g/mol. The lowest BCUT2D eigenvalue weighted by Gasteiger charge is -2.29. The highest BCUT2D eigenvalue weighted by Gasteiger charge is 2.46. The van der Waals surface area contributed by atoms with Gasteiger partial charge < -0.3 is 5.73 Å². The topological polar surface area (TPSA) is 26.0 Å². The molecule has 3 aliphatic carbocycles. The molecule has 8 rings (SSSR count). The van der Waals surface area contributed by atoms with Gasteiger partial charge >= 0.3 is 0 Å². The van der Waals surface area contributed by atoms with Crippen molar-refractivity contribution in [3.8, 4) is 22.3 Å². The summed E-state index contributed by atoms with van der Waals surface area (Å²) in [5, 5.41) is 0. The van der Waals surface area contributed by atoms with E-state index in [2.05, 4.69) is 133 Å². The Morgan fingerprint density at radius 2 is 1.30 bits per heavy atom. The van der Waals surface area contributed by atoms with Gasteiger partial charge in [0, 0.05) is 22.9 Å². The van der Waals surface area contributed by atoms with E-state index in [0.717, 1.165) is 41.7 Å². The molecule has 1 nitrogen and oxygen atoms in total. The van der Waals surface area contributed by atoms with Gasteiger partial charge in [-0.1, -0.05) is 193 Å². The molecule has 0 saturated carbocycles. The van der Waals surface area contributed by atoms with Crippen molar-refractivity contribution in [2.75, 3.05) is 0 Å². The molecule has 0 saturated heterocycles. The Bertz CT molecular complexity index is 2300. The van der Waals surface area contributed by atoms with E-state index >= 15 is 0 Å². The van der Waals surface area contributed by atoms with Crippen LogP contribution < -0.4 is 5.73 Å². The first kappa shape index (κ1) is 38.3. The van der Waals surface area contributed by atoms with Crippen LogP contribution in [0.25, 0.3) is 39.1 Å². The highest BCUT2D eigenvalue weighted by Crippen LogP contribution is 2.61. The first-order valence-corrected chi connectivity index (χ1v) is 19.7. The number of allylic oxidation sites excluding steroid dienone is 7. The molecule has 0 heterocycles. The van der Waals surface area contributed by atoms with Crippen LogP contribution in [0.3, 0.4) is 0 Å². The maximum Gasteiger partial charge on any atom is 0.0423 e. The third kappa shape index (κ3) is 6.66. The zero-order valence-corrected chi connectivity index (χ0v) is 33.7. The molecule has 5 aromatic carbocycles. The highest BCUT2D eigenvalue weighted by molar-refractivity contribution is 6.01. The van der Waals surface area contributed by atoms with Crippen LogP contribution in [0.1, 0.15) is 106 Å². The average molecular weight is 708 g/mol. The molecule has 0 bridgehead atoms. The minimum Gasteiger partial charge on any atom is -0.398 e. The van der Waals surface area contributed by atoms with Crippen LogP contribution in [-0.2, 0) is 17.3 Å². The van der Waals surface area contributed by atoms with Crippen molar-refractivity contribution in [2.45, 2.75) is 85.5 Å². The van der Waals surface area contributed by atoms with E-state index in [9.17, 15) is 0 Å². The van der Waals surface area contributed by atoms with Gasteiger partial charge in [0.05, 0.1) is 0 Å². The number of hydrogen-bond donors (Lipinski definition) is 1. The molecule has 0 atom stereocenters. The van der Waals surface area contributed by atoms with Gasteiger partial charge in [0.1, 0.15) is 0 Å². The highest BCUT2D eigenvalue weighted by atomic mass is 14.6. The summed E-state index contributed by atoms with van der Waals surface area (Å²) in [6.07, 6.45) is 9.65. The zero-order chi connectivity index (χ0) is 38.8. The summed E-state index contributed by atoms with van der Waals surface area (Å²) in [4.78, 5) is 0. The van der Waals surface area contributed by atoms with Gasteiger partial charge in [-0.2, -0.15) is 0 Å². The van der Waals surface area contributed by atoms with Crippen LogP contribution >= 0.6 is 0 Å². The molecule has 5 aromatic rings. The third-order valence-corrected chi connectivity index (χ3v) is 11.7. The van der Waals surface area contributed by atoms with E-state index in [1.54, 1.807) is 5.57 Å². The molecule has 274 valence electrons. The fourth-order valence-electron chi connectivity index (χ4n) is 8.88. The van der Waals surface area contributed by atoms with Crippen LogP contribution in [0.2, 0.25) is 0 Å². The van der Waals surface area contributed by atoms with Crippen LogP contribution in [0, 0.1) is 6.92 Å². The fourth-order valence-corrected chi connectivity index (χ4v) is 8.88. The van der Waals surface area contributed by atoms with Crippen molar-refractivity contribution < 1.29 is 0 Å². The lowest BCUT2D eigenvalue weighted by Crippen LogP contribution is -2.20. The van der Waals surface area contributed by atoms with Gasteiger partial charge in [0.25, 0.3) is 0 Å². The molecular weight excluding hydrogens is 651 g/mol. The van der Waals surface area contributed by atoms with Crippen molar-refractivity contribution >= 4 is 16.8 Å². The van der Waals surface area contributed by atoms with E-state index in [1.807, 2.05) is 63.2 Å². The van der Waals surface area contributed by atoms with Crippen molar-refractivity contribution in [1.29, 1.82) is 0 Å². The summed E-state index contributed by atoms with van der Waals surface area (Å²) in [7, 11) is 0. The second kappa shape index (κ2) is 15.5. The summed E-state index contributed by atoms with van der Waals surface area (Å²) < 4.78 is 0. The molecule has 0 amide bonds. The van der Waals surface area contributed by atoms with Crippen LogP contribution in [0.4, 0.5) is 0 Å². The fraction of sp³-hybridized carbons (Fsp3) is 0.245. The smallest absolute Gasteiger partial charge is 0.0423 e. The first-order valence-electron chi connectivity index (χ1n) is 19.7. The SMILES string of the molecule is C=C(C)c1ccccc1.C=C/C(Cc1ccccc1-c1c(C)ccc2c1-c1c(ccc3c1C(C)(C)C1=C3C=CCC1)C2(C)C)=C(\N)c1ccccc1.CC. The molecule has 2 N–H and O–H groups in total. The second-order valence-corrected chi connectivity index (χ2v) is 15.7. The minimum atomic E-state index is -0.0873. The molecule has 0 fully saturated rings. The second-order valence-electron chi connectivity index (χ2n) is 15.7. The van der Waals surface area contributed by atoms with Crippen LogP contribution in [-0.4, -0.2) is 0 Å². The van der Waals surface area contributed by atoms with Gasteiger partial charge in [0.2, 0.25) is 0 Å². The number of hydrogen-bond acceptors (Lipinski definition) is 1. The molecule has 0 aliphatic heterocycles. The Balaban J connectivity index is 0.000000394. The molecule has 0 spiro atoms. The molecule has 1 heteroatoms. The number of rotatable bonds is 6. The summed E-state index contributed by atoms with van der Waals surface area (Å²) in [6.45, 7) is 26.0.